The molecule has 1 saturated heterocycles. The number of piperidine rings is 1. The van der Waals surface area contributed by atoms with Gasteiger partial charge in [-0.2, -0.15) is 5.26 Å². The molecule has 1 aromatic carbocycles. The number of nitriles is 1. The monoisotopic (exact) mass is 254 g/mol. The molecule has 1 heterocycles. The summed E-state index contributed by atoms with van der Waals surface area (Å²) in [4.78, 5) is 2.21. The minimum atomic E-state index is 0.197. The SMILES string of the molecule is N#CC1CCN(c2ccc(Cl)cc2Cl)CC1. The lowest BCUT2D eigenvalue weighted by molar-refractivity contribution is 0.488. The molecule has 2 rings (SSSR count). The molecule has 0 saturated carbocycles. The Labute approximate surface area is 105 Å². The highest BCUT2D eigenvalue weighted by molar-refractivity contribution is 6.36. The number of hydrogen-bond acceptors (Lipinski definition) is 2. The van der Waals surface area contributed by atoms with Crippen LogP contribution in [0.1, 0.15) is 12.8 Å². The highest BCUT2D eigenvalue weighted by atomic mass is 35.5. The molecule has 0 radical (unpaired) electrons. The van der Waals surface area contributed by atoms with Gasteiger partial charge in [-0.1, -0.05) is 23.2 Å². The molecule has 1 aliphatic rings. The maximum atomic E-state index is 8.83. The summed E-state index contributed by atoms with van der Waals surface area (Å²) in [5.41, 5.74) is 1.02. The summed E-state index contributed by atoms with van der Waals surface area (Å²) >= 11 is 12.0. The molecule has 0 aromatic heterocycles. The van der Waals surface area contributed by atoms with E-state index in [0.717, 1.165) is 31.6 Å². The van der Waals surface area contributed by atoms with Crippen LogP contribution in [0.2, 0.25) is 10.0 Å². The van der Waals surface area contributed by atoms with Crippen LogP contribution < -0.4 is 4.90 Å². The van der Waals surface area contributed by atoms with Crippen molar-refractivity contribution in [1.29, 1.82) is 5.26 Å². The summed E-state index contributed by atoms with van der Waals surface area (Å²) in [5, 5.41) is 10.2. The predicted octanol–water partition coefficient (Wildman–Crippen LogP) is 3.73. The zero-order chi connectivity index (χ0) is 11.5. The average Bonchev–Trinajstić information content (AvgIpc) is 2.29. The van der Waals surface area contributed by atoms with Crippen molar-refractivity contribution in [2.45, 2.75) is 12.8 Å². The van der Waals surface area contributed by atoms with Gasteiger partial charge in [0, 0.05) is 24.0 Å². The zero-order valence-electron chi connectivity index (χ0n) is 8.79. The first-order valence-electron chi connectivity index (χ1n) is 5.30. The fourth-order valence-electron chi connectivity index (χ4n) is 1.99. The number of rotatable bonds is 1. The van der Waals surface area contributed by atoms with E-state index in [2.05, 4.69) is 11.0 Å². The highest BCUT2D eigenvalue weighted by Gasteiger charge is 2.20. The Hall–Kier alpha value is -0.910. The molecule has 2 nitrogen and oxygen atoms in total. The van der Waals surface area contributed by atoms with Gasteiger partial charge < -0.3 is 4.90 Å². The third-order valence-corrected chi connectivity index (χ3v) is 3.47. The first-order valence-corrected chi connectivity index (χ1v) is 6.06. The van der Waals surface area contributed by atoms with Gasteiger partial charge in [0.2, 0.25) is 0 Å². The van der Waals surface area contributed by atoms with E-state index in [1.54, 1.807) is 6.07 Å². The molecule has 16 heavy (non-hydrogen) atoms. The van der Waals surface area contributed by atoms with Crippen molar-refractivity contribution in [2.75, 3.05) is 18.0 Å². The van der Waals surface area contributed by atoms with Crippen molar-refractivity contribution in [2.24, 2.45) is 5.92 Å². The van der Waals surface area contributed by atoms with Crippen molar-refractivity contribution in [3.63, 3.8) is 0 Å². The second-order valence-corrected chi connectivity index (χ2v) is 4.83. The van der Waals surface area contributed by atoms with Gasteiger partial charge in [0.15, 0.2) is 0 Å². The molecule has 0 atom stereocenters. The van der Waals surface area contributed by atoms with E-state index in [1.165, 1.54) is 0 Å². The van der Waals surface area contributed by atoms with Crippen LogP contribution in [-0.2, 0) is 0 Å². The maximum absolute atomic E-state index is 8.83. The number of hydrogen-bond donors (Lipinski definition) is 0. The molecular formula is C12H12Cl2N2. The Morgan fingerprint density at radius 2 is 1.94 bits per heavy atom. The van der Waals surface area contributed by atoms with Gasteiger partial charge in [-0.05, 0) is 31.0 Å². The Bertz CT molecular complexity index is 418. The van der Waals surface area contributed by atoms with Crippen LogP contribution in [0, 0.1) is 17.2 Å². The molecule has 84 valence electrons. The smallest absolute Gasteiger partial charge is 0.0657 e. The highest BCUT2D eigenvalue weighted by Crippen LogP contribution is 2.31. The van der Waals surface area contributed by atoms with Crippen LogP contribution in [0.3, 0.4) is 0 Å². The van der Waals surface area contributed by atoms with Gasteiger partial charge >= 0.3 is 0 Å². The molecule has 0 unspecified atom stereocenters. The molecule has 0 N–H and O–H groups in total. The van der Waals surface area contributed by atoms with E-state index in [-0.39, 0.29) is 5.92 Å². The van der Waals surface area contributed by atoms with E-state index < -0.39 is 0 Å². The van der Waals surface area contributed by atoms with Crippen molar-refractivity contribution in [3.8, 4) is 6.07 Å². The predicted molar refractivity (Wildman–Crippen MR) is 67.0 cm³/mol. The van der Waals surface area contributed by atoms with Crippen molar-refractivity contribution in [1.82, 2.24) is 0 Å². The van der Waals surface area contributed by atoms with E-state index in [1.807, 2.05) is 12.1 Å². The summed E-state index contributed by atoms with van der Waals surface area (Å²) < 4.78 is 0. The minimum Gasteiger partial charge on any atom is -0.370 e. The van der Waals surface area contributed by atoms with Gasteiger partial charge in [0.05, 0.1) is 16.8 Å². The summed E-state index contributed by atoms with van der Waals surface area (Å²) in [6.45, 7) is 1.78. The van der Waals surface area contributed by atoms with Crippen LogP contribution in [0.5, 0.6) is 0 Å². The summed E-state index contributed by atoms with van der Waals surface area (Å²) in [5.74, 6) is 0.197. The molecule has 0 spiro atoms. The first-order chi connectivity index (χ1) is 7.70. The van der Waals surface area contributed by atoms with E-state index in [0.29, 0.717) is 10.0 Å². The lowest BCUT2D eigenvalue weighted by atomic mass is 9.98. The van der Waals surface area contributed by atoms with E-state index in [9.17, 15) is 0 Å². The normalized spacial score (nSPS) is 17.2. The molecule has 0 bridgehead atoms. The molecule has 1 aliphatic heterocycles. The van der Waals surface area contributed by atoms with Crippen molar-refractivity contribution in [3.05, 3.63) is 28.2 Å². The first kappa shape index (κ1) is 11.6. The Kier molecular flexibility index (Phi) is 3.58. The fourth-order valence-corrected chi connectivity index (χ4v) is 2.52. The number of nitrogens with zero attached hydrogens (tertiary/aromatic N) is 2. The molecule has 0 aliphatic carbocycles. The van der Waals surface area contributed by atoms with Crippen LogP contribution in [0.15, 0.2) is 18.2 Å². The maximum Gasteiger partial charge on any atom is 0.0657 e. The molecular weight excluding hydrogens is 243 g/mol. The van der Waals surface area contributed by atoms with Gasteiger partial charge in [0.25, 0.3) is 0 Å². The standard InChI is InChI=1S/C12H12Cl2N2/c13-10-1-2-12(11(14)7-10)16-5-3-9(8-15)4-6-16/h1-2,7,9H,3-6H2. The molecule has 1 aromatic rings. The number of benzene rings is 1. The fraction of sp³-hybridized carbons (Fsp3) is 0.417. The lowest BCUT2D eigenvalue weighted by Crippen LogP contribution is -2.33. The summed E-state index contributed by atoms with van der Waals surface area (Å²) in [6.07, 6.45) is 1.82. The topological polar surface area (TPSA) is 27.0 Å². The molecule has 0 amide bonds. The largest absolute Gasteiger partial charge is 0.370 e. The van der Waals surface area contributed by atoms with Crippen LogP contribution in [0.4, 0.5) is 5.69 Å². The van der Waals surface area contributed by atoms with Crippen LogP contribution in [-0.4, -0.2) is 13.1 Å². The van der Waals surface area contributed by atoms with Gasteiger partial charge in [0.1, 0.15) is 0 Å². The lowest BCUT2D eigenvalue weighted by Gasteiger charge is -2.31. The van der Waals surface area contributed by atoms with Gasteiger partial charge in [-0.25, -0.2) is 0 Å². The molecule has 4 heteroatoms. The quantitative estimate of drug-likeness (QED) is 0.764. The zero-order valence-corrected chi connectivity index (χ0v) is 10.3. The average molecular weight is 255 g/mol. The van der Waals surface area contributed by atoms with Gasteiger partial charge in [-0.15, -0.1) is 0 Å². The Balaban J connectivity index is 2.12. The minimum absolute atomic E-state index is 0.197. The van der Waals surface area contributed by atoms with E-state index >= 15 is 0 Å². The third kappa shape index (κ3) is 2.42. The van der Waals surface area contributed by atoms with Gasteiger partial charge in [-0.3, -0.25) is 0 Å². The van der Waals surface area contributed by atoms with Crippen LogP contribution in [0.25, 0.3) is 0 Å². The number of halogens is 2. The molecule has 1 fully saturated rings. The summed E-state index contributed by atoms with van der Waals surface area (Å²) in [6, 6.07) is 7.87. The Morgan fingerprint density at radius 3 is 2.50 bits per heavy atom. The number of anilines is 1. The van der Waals surface area contributed by atoms with Crippen LogP contribution >= 0.6 is 23.2 Å². The third-order valence-electron chi connectivity index (χ3n) is 2.93. The summed E-state index contributed by atoms with van der Waals surface area (Å²) in [7, 11) is 0. The second kappa shape index (κ2) is 4.95. The van der Waals surface area contributed by atoms with Crippen molar-refractivity contribution >= 4 is 28.9 Å². The van der Waals surface area contributed by atoms with E-state index in [4.69, 9.17) is 28.5 Å². The van der Waals surface area contributed by atoms with Crippen molar-refractivity contribution < 1.29 is 0 Å². The Morgan fingerprint density at radius 1 is 1.25 bits per heavy atom. The second-order valence-electron chi connectivity index (χ2n) is 3.99.